The van der Waals surface area contributed by atoms with E-state index in [0.717, 1.165) is 6.54 Å². The van der Waals surface area contributed by atoms with Gasteiger partial charge in [-0.15, -0.1) is 0 Å². The van der Waals surface area contributed by atoms with Gasteiger partial charge in [-0.1, -0.05) is 35.3 Å². The standard InChI is InChI=1S/C14H20BrN/c1-2-9-16-14-6-4-3-5-11-7-8-12(15)10-13(11)14/h7-8,10,14,16H,2-6,9H2,1H3. The summed E-state index contributed by atoms with van der Waals surface area (Å²) in [6.07, 6.45) is 6.41. The Kier molecular flexibility index (Phi) is 4.42. The predicted molar refractivity (Wildman–Crippen MR) is 72.7 cm³/mol. The van der Waals surface area contributed by atoms with Crippen molar-refractivity contribution < 1.29 is 0 Å². The third kappa shape index (κ3) is 2.86. The fourth-order valence-corrected chi connectivity index (χ4v) is 2.85. The summed E-state index contributed by atoms with van der Waals surface area (Å²) < 4.78 is 1.21. The van der Waals surface area contributed by atoms with E-state index in [1.807, 2.05) is 0 Å². The van der Waals surface area contributed by atoms with Gasteiger partial charge in [0.15, 0.2) is 0 Å². The summed E-state index contributed by atoms with van der Waals surface area (Å²) in [4.78, 5) is 0. The van der Waals surface area contributed by atoms with Gasteiger partial charge < -0.3 is 5.32 Å². The molecule has 1 unspecified atom stereocenters. The van der Waals surface area contributed by atoms with Crippen molar-refractivity contribution in [2.24, 2.45) is 0 Å². The minimum absolute atomic E-state index is 0.565. The van der Waals surface area contributed by atoms with Crippen LogP contribution in [0.15, 0.2) is 22.7 Å². The zero-order valence-electron chi connectivity index (χ0n) is 9.93. The van der Waals surface area contributed by atoms with Crippen molar-refractivity contribution in [3.05, 3.63) is 33.8 Å². The first kappa shape index (κ1) is 12.1. The zero-order chi connectivity index (χ0) is 11.4. The lowest BCUT2D eigenvalue weighted by Crippen LogP contribution is -2.22. The molecule has 0 fully saturated rings. The number of benzene rings is 1. The largest absolute Gasteiger partial charge is 0.310 e. The number of halogens is 1. The highest BCUT2D eigenvalue weighted by Crippen LogP contribution is 2.30. The number of aryl methyl sites for hydroxylation is 1. The van der Waals surface area contributed by atoms with Crippen LogP contribution in [0.4, 0.5) is 0 Å². The lowest BCUT2D eigenvalue weighted by molar-refractivity contribution is 0.489. The molecule has 0 heterocycles. The molecular formula is C14H20BrN. The maximum absolute atomic E-state index is 3.67. The van der Waals surface area contributed by atoms with Gasteiger partial charge in [-0.25, -0.2) is 0 Å². The van der Waals surface area contributed by atoms with Crippen LogP contribution in [-0.2, 0) is 6.42 Å². The molecule has 1 atom stereocenters. The van der Waals surface area contributed by atoms with Gasteiger partial charge in [0.05, 0.1) is 0 Å². The van der Waals surface area contributed by atoms with Crippen LogP contribution in [0.5, 0.6) is 0 Å². The average molecular weight is 282 g/mol. The van der Waals surface area contributed by atoms with Crippen LogP contribution < -0.4 is 5.32 Å². The summed E-state index contributed by atoms with van der Waals surface area (Å²) in [5.74, 6) is 0. The number of hydrogen-bond donors (Lipinski definition) is 1. The summed E-state index contributed by atoms with van der Waals surface area (Å²) in [6, 6.07) is 7.32. The van der Waals surface area contributed by atoms with Crippen LogP contribution in [0.1, 0.15) is 49.8 Å². The second kappa shape index (κ2) is 5.83. The van der Waals surface area contributed by atoms with Crippen molar-refractivity contribution in [1.29, 1.82) is 0 Å². The molecule has 0 saturated carbocycles. The Labute approximate surface area is 107 Å². The van der Waals surface area contributed by atoms with Crippen LogP contribution in [0.2, 0.25) is 0 Å². The monoisotopic (exact) mass is 281 g/mol. The molecule has 0 saturated heterocycles. The van der Waals surface area contributed by atoms with Crippen molar-refractivity contribution in [2.75, 3.05) is 6.54 Å². The van der Waals surface area contributed by atoms with Crippen LogP contribution in [0.3, 0.4) is 0 Å². The maximum atomic E-state index is 3.67. The fourth-order valence-electron chi connectivity index (χ4n) is 2.47. The normalized spacial score (nSPS) is 20.2. The Balaban J connectivity index is 2.24. The minimum atomic E-state index is 0.565. The number of nitrogens with one attached hydrogen (secondary N) is 1. The highest BCUT2D eigenvalue weighted by molar-refractivity contribution is 9.10. The highest BCUT2D eigenvalue weighted by Gasteiger charge is 2.17. The molecule has 0 bridgehead atoms. The third-order valence-electron chi connectivity index (χ3n) is 3.31. The number of rotatable bonds is 3. The lowest BCUT2D eigenvalue weighted by Gasteiger charge is -2.19. The van der Waals surface area contributed by atoms with Crippen LogP contribution in [-0.4, -0.2) is 6.54 Å². The summed E-state index contributed by atoms with van der Waals surface area (Å²) >= 11 is 3.58. The van der Waals surface area contributed by atoms with E-state index in [2.05, 4.69) is 46.4 Å². The molecule has 1 aliphatic rings. The molecule has 0 amide bonds. The Morgan fingerprint density at radius 1 is 1.38 bits per heavy atom. The molecule has 0 radical (unpaired) electrons. The van der Waals surface area contributed by atoms with Crippen molar-refractivity contribution in [3.63, 3.8) is 0 Å². The molecule has 2 heteroatoms. The molecule has 1 aromatic carbocycles. The SMILES string of the molecule is CCCNC1CCCCc2ccc(Br)cc21. The molecule has 1 aliphatic carbocycles. The first-order valence-corrected chi connectivity index (χ1v) is 7.12. The van der Waals surface area contributed by atoms with Gasteiger partial charge >= 0.3 is 0 Å². The summed E-state index contributed by atoms with van der Waals surface area (Å²) in [6.45, 7) is 3.35. The molecule has 2 rings (SSSR count). The lowest BCUT2D eigenvalue weighted by atomic mass is 9.99. The molecule has 0 spiro atoms. The third-order valence-corrected chi connectivity index (χ3v) is 3.81. The Morgan fingerprint density at radius 2 is 2.25 bits per heavy atom. The zero-order valence-corrected chi connectivity index (χ0v) is 11.5. The smallest absolute Gasteiger partial charge is 0.0323 e. The summed E-state index contributed by atoms with van der Waals surface area (Å²) in [5.41, 5.74) is 3.05. The fraction of sp³-hybridized carbons (Fsp3) is 0.571. The minimum Gasteiger partial charge on any atom is -0.310 e. The number of fused-ring (bicyclic) bond motifs is 1. The summed E-state index contributed by atoms with van der Waals surface area (Å²) in [5, 5.41) is 3.67. The van der Waals surface area contributed by atoms with Gasteiger partial charge in [0.2, 0.25) is 0 Å². The maximum Gasteiger partial charge on any atom is 0.0323 e. The van der Waals surface area contributed by atoms with Gasteiger partial charge in [-0.3, -0.25) is 0 Å². The second-order valence-electron chi connectivity index (χ2n) is 4.60. The van der Waals surface area contributed by atoms with Gasteiger partial charge in [-0.2, -0.15) is 0 Å². The molecule has 1 nitrogen and oxygen atoms in total. The highest BCUT2D eigenvalue weighted by atomic mass is 79.9. The van der Waals surface area contributed by atoms with Gasteiger partial charge in [-0.05, 0) is 55.5 Å². The predicted octanol–water partition coefficient (Wildman–Crippen LogP) is 4.22. The van der Waals surface area contributed by atoms with E-state index in [9.17, 15) is 0 Å². The molecular weight excluding hydrogens is 262 g/mol. The van der Waals surface area contributed by atoms with Crippen LogP contribution in [0.25, 0.3) is 0 Å². The molecule has 16 heavy (non-hydrogen) atoms. The molecule has 1 aromatic rings. The average Bonchev–Trinajstić information content (AvgIpc) is 2.48. The number of hydrogen-bond acceptors (Lipinski definition) is 1. The van der Waals surface area contributed by atoms with Crippen molar-refractivity contribution in [2.45, 2.75) is 45.1 Å². The van der Waals surface area contributed by atoms with Crippen molar-refractivity contribution >= 4 is 15.9 Å². The van der Waals surface area contributed by atoms with Crippen LogP contribution >= 0.6 is 15.9 Å². The van der Waals surface area contributed by atoms with Crippen LogP contribution in [0, 0.1) is 0 Å². The quantitative estimate of drug-likeness (QED) is 0.819. The first-order chi connectivity index (χ1) is 7.81. The topological polar surface area (TPSA) is 12.0 Å². The Bertz CT molecular complexity index is 349. The molecule has 0 aliphatic heterocycles. The Hall–Kier alpha value is -0.340. The van der Waals surface area contributed by atoms with Crippen molar-refractivity contribution in [3.8, 4) is 0 Å². The first-order valence-electron chi connectivity index (χ1n) is 6.33. The van der Waals surface area contributed by atoms with Gasteiger partial charge in [0.1, 0.15) is 0 Å². The Morgan fingerprint density at radius 3 is 3.06 bits per heavy atom. The van der Waals surface area contributed by atoms with Crippen molar-refractivity contribution in [1.82, 2.24) is 5.32 Å². The van der Waals surface area contributed by atoms with E-state index in [0.29, 0.717) is 6.04 Å². The van der Waals surface area contributed by atoms with E-state index in [-0.39, 0.29) is 0 Å². The molecule has 88 valence electrons. The molecule has 0 aromatic heterocycles. The van der Waals surface area contributed by atoms with E-state index < -0.39 is 0 Å². The van der Waals surface area contributed by atoms with E-state index in [1.54, 1.807) is 0 Å². The summed E-state index contributed by atoms with van der Waals surface area (Å²) in [7, 11) is 0. The van der Waals surface area contributed by atoms with E-state index in [4.69, 9.17) is 0 Å². The van der Waals surface area contributed by atoms with E-state index in [1.165, 1.54) is 47.7 Å². The second-order valence-corrected chi connectivity index (χ2v) is 5.51. The molecule has 1 N–H and O–H groups in total. The van der Waals surface area contributed by atoms with Gasteiger partial charge in [0, 0.05) is 10.5 Å². The van der Waals surface area contributed by atoms with Gasteiger partial charge in [0.25, 0.3) is 0 Å². The van der Waals surface area contributed by atoms with E-state index >= 15 is 0 Å².